The van der Waals surface area contributed by atoms with E-state index >= 15 is 0 Å². The minimum absolute atomic E-state index is 0.117. The van der Waals surface area contributed by atoms with Crippen LogP contribution in [-0.2, 0) is 0 Å². The number of carbonyl (C=O) groups is 1. The van der Waals surface area contributed by atoms with Crippen LogP contribution in [0.15, 0.2) is 24.4 Å². The molecule has 5 nitrogen and oxygen atoms in total. The van der Waals surface area contributed by atoms with Crippen molar-refractivity contribution in [2.75, 3.05) is 25.5 Å². The third-order valence-electron chi connectivity index (χ3n) is 3.21. The molecule has 1 aromatic heterocycles. The fourth-order valence-electron chi connectivity index (χ4n) is 2.23. The maximum absolute atomic E-state index is 12.2. The number of rotatable bonds is 6. The molecule has 2 aromatic rings. The van der Waals surface area contributed by atoms with Crippen LogP contribution in [-0.4, -0.2) is 31.1 Å². The van der Waals surface area contributed by atoms with Crippen molar-refractivity contribution >= 4 is 22.5 Å². The molecular weight excluding hydrogens is 266 g/mol. The van der Waals surface area contributed by atoms with Gasteiger partial charge >= 0.3 is 0 Å². The Morgan fingerprint density at radius 3 is 2.81 bits per heavy atom. The van der Waals surface area contributed by atoms with E-state index < -0.39 is 0 Å². The van der Waals surface area contributed by atoms with Crippen molar-refractivity contribution in [2.24, 2.45) is 0 Å². The van der Waals surface area contributed by atoms with Crippen molar-refractivity contribution in [3.63, 3.8) is 0 Å². The number of nitrogens with zero attached hydrogens (tertiary/aromatic N) is 1. The fourth-order valence-corrected chi connectivity index (χ4v) is 2.23. The summed E-state index contributed by atoms with van der Waals surface area (Å²) in [4.78, 5) is 16.6. The van der Waals surface area contributed by atoms with Gasteiger partial charge in [-0.2, -0.15) is 0 Å². The average Bonchev–Trinajstić information content (AvgIpc) is 2.51. The van der Waals surface area contributed by atoms with E-state index in [2.05, 4.69) is 22.5 Å². The van der Waals surface area contributed by atoms with E-state index in [4.69, 9.17) is 4.74 Å². The molecule has 0 atom stereocenters. The number of hydrogen-bond acceptors (Lipinski definition) is 4. The molecule has 0 fully saturated rings. The highest BCUT2D eigenvalue weighted by atomic mass is 16.5. The minimum Gasteiger partial charge on any atom is -0.494 e. The second-order valence-electron chi connectivity index (χ2n) is 4.69. The molecule has 0 aliphatic carbocycles. The van der Waals surface area contributed by atoms with Crippen molar-refractivity contribution in [3.8, 4) is 5.75 Å². The maximum atomic E-state index is 12.2. The van der Waals surface area contributed by atoms with Gasteiger partial charge in [0, 0.05) is 24.7 Å². The van der Waals surface area contributed by atoms with Crippen LogP contribution in [0.3, 0.4) is 0 Å². The van der Waals surface area contributed by atoms with Gasteiger partial charge in [0.15, 0.2) is 0 Å². The van der Waals surface area contributed by atoms with Gasteiger partial charge in [-0.1, -0.05) is 19.1 Å². The van der Waals surface area contributed by atoms with Crippen LogP contribution in [0, 0.1) is 0 Å². The summed E-state index contributed by atoms with van der Waals surface area (Å²) >= 11 is 0. The van der Waals surface area contributed by atoms with Gasteiger partial charge in [-0.25, -0.2) is 0 Å². The number of anilines is 1. The van der Waals surface area contributed by atoms with Gasteiger partial charge in [-0.05, 0) is 19.4 Å². The van der Waals surface area contributed by atoms with Gasteiger partial charge < -0.3 is 15.4 Å². The van der Waals surface area contributed by atoms with Crippen LogP contribution in [0.25, 0.3) is 10.9 Å². The molecule has 0 saturated carbocycles. The zero-order valence-electron chi connectivity index (χ0n) is 12.7. The summed E-state index contributed by atoms with van der Waals surface area (Å²) in [5.41, 5.74) is 2.13. The number of hydrogen-bond donors (Lipinski definition) is 2. The van der Waals surface area contributed by atoms with Crippen LogP contribution in [0.4, 0.5) is 5.69 Å². The van der Waals surface area contributed by atoms with Crippen molar-refractivity contribution < 1.29 is 9.53 Å². The summed E-state index contributed by atoms with van der Waals surface area (Å²) in [6, 6.07) is 5.72. The van der Waals surface area contributed by atoms with Crippen molar-refractivity contribution in [3.05, 3.63) is 30.0 Å². The van der Waals surface area contributed by atoms with Crippen molar-refractivity contribution in [1.29, 1.82) is 0 Å². The number of aromatic nitrogens is 1. The number of para-hydroxylation sites is 1. The number of nitrogens with one attached hydrogen (secondary N) is 2. The number of benzene rings is 1. The summed E-state index contributed by atoms with van der Waals surface area (Å²) in [5, 5.41) is 7.06. The lowest BCUT2D eigenvalue weighted by Crippen LogP contribution is -2.24. The molecule has 0 saturated heterocycles. The predicted octanol–water partition coefficient (Wildman–Crippen LogP) is 2.82. The van der Waals surface area contributed by atoms with E-state index in [0.29, 0.717) is 17.9 Å². The molecule has 5 heteroatoms. The monoisotopic (exact) mass is 287 g/mol. The van der Waals surface area contributed by atoms with Gasteiger partial charge in [0.2, 0.25) is 0 Å². The Balaban J connectivity index is 2.61. The molecule has 1 aromatic carbocycles. The number of methoxy groups -OCH3 is 1. The third-order valence-corrected chi connectivity index (χ3v) is 3.21. The molecule has 0 spiro atoms. The Bertz CT molecular complexity index is 641. The van der Waals surface area contributed by atoms with Gasteiger partial charge in [0.05, 0.1) is 18.4 Å². The highest BCUT2D eigenvalue weighted by molar-refractivity contribution is 6.08. The lowest BCUT2D eigenvalue weighted by atomic mass is 10.1. The van der Waals surface area contributed by atoms with Gasteiger partial charge in [0.1, 0.15) is 11.3 Å². The second-order valence-corrected chi connectivity index (χ2v) is 4.69. The molecule has 0 aliphatic heterocycles. The Morgan fingerprint density at radius 1 is 1.33 bits per heavy atom. The molecular formula is C16H21N3O2. The quantitative estimate of drug-likeness (QED) is 0.857. The highest BCUT2D eigenvalue weighted by Crippen LogP contribution is 2.31. The molecule has 0 unspecified atom stereocenters. The minimum atomic E-state index is -0.117. The molecule has 1 amide bonds. The predicted molar refractivity (Wildman–Crippen MR) is 85.1 cm³/mol. The Kier molecular flexibility index (Phi) is 4.98. The topological polar surface area (TPSA) is 63.2 Å². The first-order chi connectivity index (χ1) is 10.2. The standard InChI is InChI=1S/C16H21N3O2/c1-4-9-18-14-11-7-6-8-13(21-3)15(11)19-10-12(14)16(20)17-5-2/h6-8,10H,4-5,9H2,1-3H3,(H,17,20)(H,18,19). The number of ether oxygens (including phenoxy) is 1. The van der Waals surface area contributed by atoms with Crippen molar-refractivity contribution in [2.45, 2.75) is 20.3 Å². The lowest BCUT2D eigenvalue weighted by Gasteiger charge is -2.15. The largest absolute Gasteiger partial charge is 0.494 e. The first-order valence-corrected chi connectivity index (χ1v) is 7.20. The molecule has 2 N–H and O–H groups in total. The van der Waals surface area contributed by atoms with Crippen LogP contribution in [0.2, 0.25) is 0 Å². The van der Waals surface area contributed by atoms with Crippen LogP contribution >= 0.6 is 0 Å². The molecule has 0 aliphatic rings. The van der Waals surface area contributed by atoms with Gasteiger partial charge in [-0.3, -0.25) is 9.78 Å². The van der Waals surface area contributed by atoms with E-state index in [-0.39, 0.29) is 5.91 Å². The molecule has 112 valence electrons. The number of carbonyl (C=O) groups excluding carboxylic acids is 1. The molecule has 21 heavy (non-hydrogen) atoms. The van der Waals surface area contributed by atoms with E-state index in [9.17, 15) is 4.79 Å². The first kappa shape index (κ1) is 15.1. The second kappa shape index (κ2) is 6.92. The summed E-state index contributed by atoms with van der Waals surface area (Å²) in [6.45, 7) is 5.36. The SMILES string of the molecule is CCCNc1c(C(=O)NCC)cnc2c(OC)cccc12. The normalized spacial score (nSPS) is 10.4. The Morgan fingerprint density at radius 2 is 2.14 bits per heavy atom. The zero-order valence-corrected chi connectivity index (χ0v) is 12.7. The average molecular weight is 287 g/mol. The smallest absolute Gasteiger partial charge is 0.254 e. The first-order valence-electron chi connectivity index (χ1n) is 7.20. The van der Waals surface area contributed by atoms with Gasteiger partial charge in [0.25, 0.3) is 5.91 Å². The lowest BCUT2D eigenvalue weighted by molar-refractivity contribution is 0.0956. The Hall–Kier alpha value is -2.30. The fraction of sp³-hybridized carbons (Fsp3) is 0.375. The number of pyridine rings is 1. The molecule has 0 bridgehead atoms. The maximum Gasteiger partial charge on any atom is 0.254 e. The van der Waals surface area contributed by atoms with Crippen LogP contribution in [0.5, 0.6) is 5.75 Å². The number of amides is 1. The van der Waals surface area contributed by atoms with Crippen LogP contribution in [0.1, 0.15) is 30.6 Å². The van der Waals surface area contributed by atoms with E-state index in [0.717, 1.165) is 29.6 Å². The van der Waals surface area contributed by atoms with Crippen LogP contribution < -0.4 is 15.4 Å². The molecule has 0 radical (unpaired) electrons. The Labute approximate surface area is 124 Å². The summed E-state index contributed by atoms with van der Waals surface area (Å²) < 4.78 is 5.34. The summed E-state index contributed by atoms with van der Waals surface area (Å²) in [5.74, 6) is 0.586. The highest BCUT2D eigenvalue weighted by Gasteiger charge is 2.16. The summed E-state index contributed by atoms with van der Waals surface area (Å²) in [6.07, 6.45) is 2.58. The molecule has 2 rings (SSSR count). The van der Waals surface area contributed by atoms with E-state index in [1.807, 2.05) is 25.1 Å². The zero-order chi connectivity index (χ0) is 15.2. The van der Waals surface area contributed by atoms with E-state index in [1.165, 1.54) is 0 Å². The third kappa shape index (κ3) is 3.07. The molecule has 1 heterocycles. The van der Waals surface area contributed by atoms with Crippen molar-refractivity contribution in [1.82, 2.24) is 10.3 Å². The number of fused-ring (bicyclic) bond motifs is 1. The van der Waals surface area contributed by atoms with Gasteiger partial charge in [-0.15, -0.1) is 0 Å². The summed E-state index contributed by atoms with van der Waals surface area (Å²) in [7, 11) is 1.62. The van der Waals surface area contributed by atoms with E-state index in [1.54, 1.807) is 13.3 Å².